The summed E-state index contributed by atoms with van der Waals surface area (Å²) in [7, 11) is 1.76. The van der Waals surface area contributed by atoms with E-state index in [-0.39, 0.29) is 0 Å². The number of anilines is 2. The molecular weight excluding hydrogens is 268 g/mol. The van der Waals surface area contributed by atoms with E-state index in [1.165, 1.54) is 12.8 Å². The van der Waals surface area contributed by atoms with E-state index in [2.05, 4.69) is 30.8 Å². The first-order chi connectivity index (χ1) is 10.3. The van der Waals surface area contributed by atoms with Crippen LogP contribution in [0.1, 0.15) is 26.2 Å². The zero-order chi connectivity index (χ0) is 14.7. The highest BCUT2D eigenvalue weighted by Gasteiger charge is 2.41. The molecule has 2 heterocycles. The van der Waals surface area contributed by atoms with Crippen LogP contribution in [0.15, 0.2) is 6.20 Å². The minimum Gasteiger partial charge on any atom is -0.385 e. The lowest BCUT2D eigenvalue weighted by Gasteiger charge is -2.16. The average molecular weight is 290 g/mol. The number of fused-ring (bicyclic) bond motifs is 1. The number of nitrogens with zero attached hydrogens (tertiary/aromatic N) is 3. The quantitative estimate of drug-likeness (QED) is 0.689. The van der Waals surface area contributed by atoms with Crippen LogP contribution in [0.5, 0.6) is 0 Å². The van der Waals surface area contributed by atoms with Crippen LogP contribution in [-0.4, -0.2) is 47.0 Å². The Morgan fingerprint density at radius 3 is 2.90 bits per heavy atom. The predicted molar refractivity (Wildman–Crippen MR) is 82.5 cm³/mol. The second kappa shape index (κ2) is 5.85. The van der Waals surface area contributed by atoms with Gasteiger partial charge in [-0.15, -0.1) is 0 Å². The number of H-pyrrole nitrogens is 1. The van der Waals surface area contributed by atoms with Gasteiger partial charge in [0.15, 0.2) is 5.65 Å². The average Bonchev–Trinajstić information content (AvgIpc) is 3.10. The van der Waals surface area contributed by atoms with Gasteiger partial charge in [-0.2, -0.15) is 15.1 Å². The van der Waals surface area contributed by atoms with E-state index in [4.69, 9.17) is 4.74 Å². The first-order valence-electron chi connectivity index (χ1n) is 7.44. The van der Waals surface area contributed by atoms with Crippen molar-refractivity contribution in [2.24, 2.45) is 5.41 Å². The summed E-state index contributed by atoms with van der Waals surface area (Å²) in [5.41, 5.74) is 1.13. The molecule has 114 valence electrons. The fourth-order valence-electron chi connectivity index (χ4n) is 2.49. The summed E-state index contributed by atoms with van der Waals surface area (Å²) in [5, 5.41) is 14.5. The summed E-state index contributed by atoms with van der Waals surface area (Å²) in [5.74, 6) is 1.46. The third kappa shape index (κ3) is 3.07. The molecule has 0 saturated heterocycles. The van der Waals surface area contributed by atoms with Gasteiger partial charge in [-0.3, -0.25) is 5.10 Å². The molecule has 1 aliphatic carbocycles. The molecule has 0 amide bonds. The Labute approximate surface area is 123 Å². The number of methoxy groups -OCH3 is 1. The molecule has 2 aromatic rings. The summed E-state index contributed by atoms with van der Waals surface area (Å²) in [4.78, 5) is 8.94. The molecule has 0 bridgehead atoms. The van der Waals surface area contributed by atoms with Gasteiger partial charge in [0, 0.05) is 26.8 Å². The maximum Gasteiger partial charge on any atom is 0.226 e. The maximum atomic E-state index is 5.20. The maximum absolute atomic E-state index is 5.20. The molecule has 0 aliphatic heterocycles. The molecule has 21 heavy (non-hydrogen) atoms. The highest BCUT2D eigenvalue weighted by molar-refractivity contribution is 5.86. The topological polar surface area (TPSA) is 87.8 Å². The van der Waals surface area contributed by atoms with E-state index in [9.17, 15) is 0 Å². The largest absolute Gasteiger partial charge is 0.385 e. The number of aromatic amines is 1. The predicted octanol–water partition coefficient (Wildman–Crippen LogP) is 2.01. The van der Waals surface area contributed by atoms with Crippen molar-refractivity contribution >= 4 is 22.8 Å². The van der Waals surface area contributed by atoms with Crippen molar-refractivity contribution in [3.8, 4) is 0 Å². The molecule has 3 rings (SSSR count). The van der Waals surface area contributed by atoms with Gasteiger partial charge in [0.1, 0.15) is 5.82 Å². The molecule has 1 aliphatic rings. The van der Waals surface area contributed by atoms with Crippen LogP contribution in [0.25, 0.3) is 11.0 Å². The Morgan fingerprint density at radius 2 is 2.19 bits per heavy atom. The number of ether oxygens (including phenoxy) is 1. The lowest BCUT2D eigenvalue weighted by atomic mass is 10.0. The molecule has 3 N–H and O–H groups in total. The first-order valence-corrected chi connectivity index (χ1v) is 7.44. The highest BCUT2D eigenvalue weighted by Crippen LogP contribution is 2.48. The number of hydrogen-bond donors (Lipinski definition) is 3. The Morgan fingerprint density at radius 1 is 1.33 bits per heavy atom. The van der Waals surface area contributed by atoms with Crippen LogP contribution in [-0.2, 0) is 4.74 Å². The van der Waals surface area contributed by atoms with Crippen LogP contribution in [0.2, 0.25) is 0 Å². The Kier molecular flexibility index (Phi) is 3.92. The molecule has 7 heteroatoms. The summed E-state index contributed by atoms with van der Waals surface area (Å²) >= 11 is 0. The summed E-state index contributed by atoms with van der Waals surface area (Å²) in [6.45, 7) is 4.54. The van der Waals surface area contributed by atoms with Gasteiger partial charge in [-0.25, -0.2) is 0 Å². The van der Waals surface area contributed by atoms with E-state index < -0.39 is 0 Å². The van der Waals surface area contributed by atoms with Crippen molar-refractivity contribution in [2.75, 3.05) is 37.4 Å². The minimum absolute atomic E-state index is 0.370. The van der Waals surface area contributed by atoms with E-state index >= 15 is 0 Å². The molecule has 0 unspecified atom stereocenters. The number of hydrogen-bond acceptors (Lipinski definition) is 6. The molecule has 0 spiro atoms. The molecule has 1 fully saturated rings. The van der Waals surface area contributed by atoms with Crippen molar-refractivity contribution < 1.29 is 4.74 Å². The molecule has 0 aromatic carbocycles. The molecular formula is C14H22N6O. The lowest BCUT2D eigenvalue weighted by molar-refractivity contribution is 0.175. The zero-order valence-corrected chi connectivity index (χ0v) is 12.6. The highest BCUT2D eigenvalue weighted by atomic mass is 16.5. The van der Waals surface area contributed by atoms with Crippen molar-refractivity contribution in [2.45, 2.75) is 26.2 Å². The van der Waals surface area contributed by atoms with E-state index in [1.807, 2.05) is 6.92 Å². The molecule has 2 aromatic heterocycles. The summed E-state index contributed by atoms with van der Waals surface area (Å²) in [6.07, 6.45) is 5.37. The first kappa shape index (κ1) is 14.1. The SMILES string of the molecule is CCNc1nc(NCC2(CCOC)CC2)c2cn[nH]c2n1. The van der Waals surface area contributed by atoms with Crippen molar-refractivity contribution in [1.82, 2.24) is 20.2 Å². The van der Waals surface area contributed by atoms with Crippen molar-refractivity contribution in [3.63, 3.8) is 0 Å². The second-order valence-corrected chi connectivity index (χ2v) is 5.65. The van der Waals surface area contributed by atoms with E-state index in [0.29, 0.717) is 11.4 Å². The van der Waals surface area contributed by atoms with Gasteiger partial charge in [0.25, 0.3) is 0 Å². The number of rotatable bonds is 8. The van der Waals surface area contributed by atoms with Gasteiger partial charge in [-0.1, -0.05) is 0 Å². The Balaban J connectivity index is 1.75. The zero-order valence-electron chi connectivity index (χ0n) is 12.6. The van der Waals surface area contributed by atoms with Crippen molar-refractivity contribution in [3.05, 3.63) is 6.20 Å². The smallest absolute Gasteiger partial charge is 0.226 e. The normalized spacial score (nSPS) is 16.1. The van der Waals surface area contributed by atoms with Crippen LogP contribution < -0.4 is 10.6 Å². The van der Waals surface area contributed by atoms with Crippen molar-refractivity contribution in [1.29, 1.82) is 0 Å². The van der Waals surface area contributed by atoms with Gasteiger partial charge in [-0.05, 0) is 31.6 Å². The molecule has 1 saturated carbocycles. The molecule has 7 nitrogen and oxygen atoms in total. The number of nitrogens with one attached hydrogen (secondary N) is 3. The van der Waals surface area contributed by atoms with Crippen LogP contribution in [0.4, 0.5) is 11.8 Å². The Hall–Kier alpha value is -1.89. The van der Waals surface area contributed by atoms with E-state index in [1.54, 1.807) is 13.3 Å². The number of aromatic nitrogens is 4. The minimum atomic E-state index is 0.370. The third-order valence-corrected chi connectivity index (χ3v) is 4.07. The van der Waals surface area contributed by atoms with Gasteiger partial charge in [0.05, 0.1) is 11.6 Å². The monoisotopic (exact) mass is 290 g/mol. The van der Waals surface area contributed by atoms with Gasteiger partial charge >= 0.3 is 0 Å². The summed E-state index contributed by atoms with van der Waals surface area (Å²) < 4.78 is 5.20. The fraction of sp³-hybridized carbons (Fsp3) is 0.643. The van der Waals surface area contributed by atoms with Crippen LogP contribution >= 0.6 is 0 Å². The lowest BCUT2D eigenvalue weighted by Crippen LogP contribution is -2.18. The molecule has 0 radical (unpaired) electrons. The van der Waals surface area contributed by atoms with Crippen LogP contribution in [0.3, 0.4) is 0 Å². The van der Waals surface area contributed by atoms with E-state index in [0.717, 1.165) is 43.0 Å². The standard InChI is InChI=1S/C14H22N6O/c1-3-15-13-18-11(10-8-17-20-12(10)19-13)16-9-14(4-5-14)6-7-21-2/h8H,3-7,9H2,1-2H3,(H3,15,16,17,18,19,20). The van der Waals surface area contributed by atoms with Gasteiger partial charge in [0.2, 0.25) is 5.95 Å². The Bertz CT molecular complexity index is 607. The molecule has 0 atom stereocenters. The second-order valence-electron chi connectivity index (χ2n) is 5.65. The summed E-state index contributed by atoms with van der Waals surface area (Å²) in [6, 6.07) is 0. The fourth-order valence-corrected chi connectivity index (χ4v) is 2.49. The van der Waals surface area contributed by atoms with Crippen LogP contribution in [0, 0.1) is 5.41 Å². The van der Waals surface area contributed by atoms with Gasteiger partial charge < -0.3 is 15.4 Å². The third-order valence-electron chi connectivity index (χ3n) is 4.07.